The van der Waals surface area contributed by atoms with Gasteiger partial charge in [-0.15, -0.1) is 0 Å². The van der Waals surface area contributed by atoms with Gasteiger partial charge in [-0.05, 0) is 55.4 Å². The molecular weight excluding hydrogens is 342 g/mol. The zero-order valence-electron chi connectivity index (χ0n) is 16.6. The number of esters is 1. The predicted octanol–water partition coefficient (Wildman–Crippen LogP) is 4.08. The zero-order chi connectivity index (χ0) is 19.6. The summed E-state index contributed by atoms with van der Waals surface area (Å²) < 4.78 is 10.7. The number of amides is 1. The highest BCUT2D eigenvalue weighted by Gasteiger charge is 2.28. The minimum absolute atomic E-state index is 0.0969. The summed E-state index contributed by atoms with van der Waals surface area (Å²) in [5, 5.41) is 3.94. The summed E-state index contributed by atoms with van der Waals surface area (Å²) in [6, 6.07) is 4.16. The summed E-state index contributed by atoms with van der Waals surface area (Å²) in [5.41, 5.74) is 3.84. The molecule has 1 aliphatic rings. The van der Waals surface area contributed by atoms with Gasteiger partial charge in [-0.3, -0.25) is 9.59 Å². The van der Waals surface area contributed by atoms with E-state index in [9.17, 15) is 9.59 Å². The van der Waals surface area contributed by atoms with Crippen LogP contribution in [-0.2, 0) is 20.7 Å². The van der Waals surface area contributed by atoms with Gasteiger partial charge in [0.2, 0.25) is 0 Å². The van der Waals surface area contributed by atoms with Crippen LogP contribution < -0.4 is 5.32 Å². The second kappa shape index (κ2) is 8.15. The molecule has 2 aromatic rings. The van der Waals surface area contributed by atoms with Crippen molar-refractivity contribution in [1.29, 1.82) is 0 Å². The largest absolute Gasteiger partial charge is 0.464 e. The Morgan fingerprint density at radius 3 is 2.70 bits per heavy atom. The topological polar surface area (TPSA) is 68.5 Å². The van der Waals surface area contributed by atoms with Crippen molar-refractivity contribution in [2.75, 3.05) is 6.61 Å². The van der Waals surface area contributed by atoms with Crippen LogP contribution in [0, 0.1) is 25.7 Å². The summed E-state index contributed by atoms with van der Waals surface area (Å²) >= 11 is 0. The van der Waals surface area contributed by atoms with Gasteiger partial charge in [0.05, 0.1) is 12.7 Å². The Balaban J connectivity index is 1.52. The van der Waals surface area contributed by atoms with Gasteiger partial charge in [-0.25, -0.2) is 0 Å². The first-order chi connectivity index (χ1) is 12.8. The van der Waals surface area contributed by atoms with E-state index in [1.165, 1.54) is 6.42 Å². The van der Waals surface area contributed by atoms with Gasteiger partial charge in [-0.1, -0.05) is 26.7 Å². The van der Waals surface area contributed by atoms with Crippen molar-refractivity contribution in [3.8, 4) is 0 Å². The van der Waals surface area contributed by atoms with Crippen molar-refractivity contribution in [1.82, 2.24) is 5.32 Å². The lowest BCUT2D eigenvalue weighted by molar-refractivity contribution is -0.148. The SMILES string of the molecule is Cc1cc2occ(CC(=O)OCC(=O)N[C@H]3CCC[C@@H](C)[C@@H]3C)c2cc1C. The number of carbonyl (C=O) groups is 2. The van der Waals surface area contributed by atoms with Gasteiger partial charge < -0.3 is 14.5 Å². The van der Waals surface area contributed by atoms with Crippen LogP contribution in [0.2, 0.25) is 0 Å². The Morgan fingerprint density at radius 2 is 1.93 bits per heavy atom. The lowest BCUT2D eigenvalue weighted by atomic mass is 9.78. The summed E-state index contributed by atoms with van der Waals surface area (Å²) in [6.07, 6.45) is 5.02. The molecule has 0 unspecified atom stereocenters. The van der Waals surface area contributed by atoms with Crippen LogP contribution in [0.3, 0.4) is 0 Å². The summed E-state index contributed by atoms with van der Waals surface area (Å²) in [6.45, 7) is 8.22. The number of rotatable bonds is 5. The first-order valence-electron chi connectivity index (χ1n) is 9.77. The Kier molecular flexibility index (Phi) is 5.88. The Morgan fingerprint density at radius 1 is 1.19 bits per heavy atom. The molecule has 5 nitrogen and oxygen atoms in total. The third-order valence-electron chi connectivity index (χ3n) is 6.02. The van der Waals surface area contributed by atoms with Crippen molar-refractivity contribution < 1.29 is 18.7 Å². The second-order valence-corrected chi connectivity index (χ2v) is 7.97. The number of benzene rings is 1. The maximum atomic E-state index is 12.2. The number of hydrogen-bond donors (Lipinski definition) is 1. The van der Waals surface area contributed by atoms with Crippen LogP contribution in [0.5, 0.6) is 0 Å². The maximum absolute atomic E-state index is 12.2. The van der Waals surface area contributed by atoms with Crippen molar-refractivity contribution in [3.63, 3.8) is 0 Å². The van der Waals surface area contributed by atoms with Crippen molar-refractivity contribution in [2.24, 2.45) is 11.8 Å². The molecule has 1 aromatic carbocycles. The minimum atomic E-state index is -0.420. The van der Waals surface area contributed by atoms with Crippen LogP contribution in [0.4, 0.5) is 0 Å². The van der Waals surface area contributed by atoms with Crippen molar-refractivity contribution in [3.05, 3.63) is 35.1 Å². The van der Waals surface area contributed by atoms with E-state index in [2.05, 4.69) is 19.2 Å². The first-order valence-corrected chi connectivity index (χ1v) is 9.77. The molecule has 1 N–H and O–H groups in total. The number of nitrogens with one attached hydrogen (secondary N) is 1. The lowest BCUT2D eigenvalue weighted by Crippen LogP contribution is -2.45. The Bertz CT molecular complexity index is 838. The summed E-state index contributed by atoms with van der Waals surface area (Å²) in [7, 11) is 0. The van der Waals surface area contributed by atoms with Crippen molar-refractivity contribution in [2.45, 2.75) is 59.4 Å². The van der Waals surface area contributed by atoms with Gasteiger partial charge in [0.1, 0.15) is 5.58 Å². The molecule has 3 atom stereocenters. The van der Waals surface area contributed by atoms with Crippen LogP contribution in [0.25, 0.3) is 11.0 Å². The van der Waals surface area contributed by atoms with Crippen LogP contribution >= 0.6 is 0 Å². The average molecular weight is 371 g/mol. The fourth-order valence-corrected chi connectivity index (χ4v) is 3.86. The predicted molar refractivity (Wildman–Crippen MR) is 104 cm³/mol. The van der Waals surface area contributed by atoms with Gasteiger partial charge in [0, 0.05) is 17.0 Å². The Labute approximate surface area is 160 Å². The summed E-state index contributed by atoms with van der Waals surface area (Å²) in [4.78, 5) is 24.3. The van der Waals surface area contributed by atoms with Crippen LogP contribution in [0.1, 0.15) is 49.8 Å². The highest BCUT2D eigenvalue weighted by Crippen LogP contribution is 2.29. The molecule has 1 fully saturated rings. The number of aryl methyl sites for hydroxylation is 2. The average Bonchev–Trinajstić information content (AvgIpc) is 2.99. The highest BCUT2D eigenvalue weighted by atomic mass is 16.5. The second-order valence-electron chi connectivity index (χ2n) is 7.97. The van der Waals surface area contributed by atoms with E-state index in [0.29, 0.717) is 11.8 Å². The van der Waals surface area contributed by atoms with Gasteiger partial charge >= 0.3 is 5.97 Å². The minimum Gasteiger partial charge on any atom is -0.464 e. The van der Waals surface area contributed by atoms with E-state index in [4.69, 9.17) is 9.15 Å². The number of hydrogen-bond acceptors (Lipinski definition) is 4. The number of fused-ring (bicyclic) bond motifs is 1. The molecule has 0 bridgehead atoms. The highest BCUT2D eigenvalue weighted by molar-refractivity contribution is 5.87. The van der Waals surface area contributed by atoms with E-state index >= 15 is 0 Å². The molecule has 1 aromatic heterocycles. The molecule has 1 amide bonds. The molecule has 0 saturated heterocycles. The molecule has 1 heterocycles. The monoisotopic (exact) mass is 371 g/mol. The molecule has 0 radical (unpaired) electrons. The molecule has 1 saturated carbocycles. The molecule has 0 spiro atoms. The van der Waals surface area contributed by atoms with E-state index < -0.39 is 5.97 Å². The molecular formula is C22H29NO4. The molecule has 1 aliphatic carbocycles. The number of carbonyl (C=O) groups excluding carboxylic acids is 2. The quantitative estimate of drug-likeness (QED) is 0.804. The van der Waals surface area contributed by atoms with E-state index in [1.807, 2.05) is 26.0 Å². The third kappa shape index (κ3) is 4.52. The van der Waals surface area contributed by atoms with E-state index in [-0.39, 0.29) is 25.0 Å². The van der Waals surface area contributed by atoms with Crippen LogP contribution in [-0.4, -0.2) is 24.5 Å². The van der Waals surface area contributed by atoms with Crippen LogP contribution in [0.15, 0.2) is 22.8 Å². The summed E-state index contributed by atoms with van der Waals surface area (Å²) in [5.74, 6) is 0.407. The van der Waals surface area contributed by atoms with Gasteiger partial charge in [0.25, 0.3) is 5.91 Å². The smallest absolute Gasteiger partial charge is 0.310 e. The molecule has 27 heavy (non-hydrogen) atoms. The van der Waals surface area contributed by atoms with E-state index in [1.54, 1.807) is 6.26 Å². The molecule has 146 valence electrons. The van der Waals surface area contributed by atoms with E-state index in [0.717, 1.165) is 40.5 Å². The molecule has 0 aliphatic heterocycles. The zero-order valence-corrected chi connectivity index (χ0v) is 16.6. The molecule has 5 heteroatoms. The normalized spacial score (nSPS) is 22.6. The van der Waals surface area contributed by atoms with Gasteiger partial charge in [-0.2, -0.15) is 0 Å². The fourth-order valence-electron chi connectivity index (χ4n) is 3.86. The fraction of sp³-hybridized carbons (Fsp3) is 0.545. The van der Waals surface area contributed by atoms with Crippen molar-refractivity contribution >= 4 is 22.8 Å². The standard InChI is InChI=1S/C22H29NO4/c1-13-6-5-7-19(16(13)4)23-21(24)12-27-22(25)10-17-11-26-20-9-15(3)14(2)8-18(17)20/h8-9,11,13,16,19H,5-7,10,12H2,1-4H3,(H,23,24)/t13-,16+,19+/m1/s1. The maximum Gasteiger partial charge on any atom is 0.310 e. The number of furan rings is 1. The lowest BCUT2D eigenvalue weighted by Gasteiger charge is -2.34. The first kappa shape index (κ1) is 19.5. The van der Waals surface area contributed by atoms with Gasteiger partial charge in [0.15, 0.2) is 6.61 Å². The molecule has 3 rings (SSSR count). The number of ether oxygens (including phenoxy) is 1. The Hall–Kier alpha value is -2.30. The third-order valence-corrected chi connectivity index (χ3v) is 6.02.